The van der Waals surface area contributed by atoms with Gasteiger partial charge in [0.1, 0.15) is 17.2 Å². The van der Waals surface area contributed by atoms with Crippen molar-refractivity contribution >= 4 is 29.5 Å². The number of carboxylic acid groups (broad SMARTS) is 1. The van der Waals surface area contributed by atoms with E-state index in [1.807, 2.05) is 6.07 Å². The molecule has 0 aromatic heterocycles. The number of nitrogens with one attached hydrogen (secondary N) is 1. The van der Waals surface area contributed by atoms with Crippen molar-refractivity contribution in [1.82, 2.24) is 10.2 Å². The maximum absolute atomic E-state index is 12.2. The zero-order valence-corrected chi connectivity index (χ0v) is 20.5. The monoisotopic (exact) mass is 450 g/mol. The van der Waals surface area contributed by atoms with Crippen LogP contribution in [0.2, 0.25) is 0 Å². The molecule has 1 aromatic carbocycles. The van der Waals surface area contributed by atoms with Crippen LogP contribution >= 0.6 is 11.8 Å². The molecule has 2 amide bonds. The van der Waals surface area contributed by atoms with Crippen molar-refractivity contribution in [2.45, 2.75) is 36.1 Å². The summed E-state index contributed by atoms with van der Waals surface area (Å²) in [5, 5.41) is 28.8. The fourth-order valence-electron chi connectivity index (χ4n) is 3.01. The van der Waals surface area contributed by atoms with Gasteiger partial charge in [-0.05, 0) is 26.0 Å². The number of nitrogens with zero attached hydrogens (tertiary/aromatic N) is 1. The molecule has 2 fully saturated rings. The fourth-order valence-corrected chi connectivity index (χ4v) is 4.63. The van der Waals surface area contributed by atoms with Crippen molar-refractivity contribution in [1.29, 1.82) is 0 Å². The average molecular weight is 451 g/mol. The number of hydrogen-bond acceptors (Lipinski definition) is 8. The topological polar surface area (TPSA) is 139 Å². The first kappa shape index (κ1) is 26.4. The summed E-state index contributed by atoms with van der Waals surface area (Å²) >= 11 is 1.35. The van der Waals surface area contributed by atoms with Crippen LogP contribution in [0.5, 0.6) is 5.75 Å². The van der Waals surface area contributed by atoms with Gasteiger partial charge in [-0.15, -0.1) is 11.8 Å². The summed E-state index contributed by atoms with van der Waals surface area (Å²) in [6, 6.07) is 7.14. The van der Waals surface area contributed by atoms with E-state index >= 15 is 0 Å². The molecule has 0 saturated carbocycles. The van der Waals surface area contributed by atoms with E-state index in [0.717, 1.165) is 0 Å². The molecule has 11 heteroatoms. The minimum atomic E-state index is -1.28. The van der Waals surface area contributed by atoms with Gasteiger partial charge in [-0.1, -0.05) is 18.2 Å². The smallest absolute Gasteiger partial charge is 0.548 e. The standard InChI is InChI=1S/C16H18N2O5S.C2H6O2.K/c1-16(2)12(15(21)22)18-13(20)11(14(18)24-16)17-10(19)8-23-9-6-4-3-5-7-9;3-1-2-4;/h3-7,11-12,14H,8H2,1-2H3,(H,17,19)(H,21,22);3-4H,1-2H2;/q;;+1/p-1/t11-,12+,14-;;/m1../s1. The molecule has 154 valence electrons. The Balaban J connectivity index is 0.000000771. The molecule has 0 aliphatic carbocycles. The number of fused-ring (bicyclic) bond motifs is 1. The number of carboxylic acids is 1. The van der Waals surface area contributed by atoms with E-state index in [1.165, 1.54) is 16.7 Å². The number of β-lactam (4-membered cyclic amide) rings is 1. The third kappa shape index (κ3) is 6.41. The van der Waals surface area contributed by atoms with Crippen molar-refractivity contribution in [3.63, 3.8) is 0 Å². The van der Waals surface area contributed by atoms with Crippen molar-refractivity contribution < 1.29 is 85.8 Å². The Labute approximate surface area is 215 Å². The second kappa shape index (κ2) is 11.7. The van der Waals surface area contributed by atoms with Crippen LogP contribution in [-0.4, -0.2) is 74.9 Å². The second-order valence-corrected chi connectivity index (χ2v) is 8.44. The molecule has 9 nitrogen and oxygen atoms in total. The van der Waals surface area contributed by atoms with Crippen LogP contribution < -0.4 is 66.5 Å². The average Bonchev–Trinajstić information content (AvgIpc) is 2.93. The molecule has 0 radical (unpaired) electrons. The van der Waals surface area contributed by atoms with Gasteiger partial charge in [-0.3, -0.25) is 9.59 Å². The van der Waals surface area contributed by atoms with Crippen molar-refractivity contribution in [3.05, 3.63) is 30.3 Å². The van der Waals surface area contributed by atoms with E-state index in [2.05, 4.69) is 5.32 Å². The summed E-state index contributed by atoms with van der Waals surface area (Å²) in [5.74, 6) is -1.55. The van der Waals surface area contributed by atoms with Gasteiger partial charge in [0, 0.05) is 4.75 Å². The number of thioether (sulfide) groups is 1. The Hall–Kier alpha value is -0.664. The third-order valence-electron chi connectivity index (χ3n) is 4.19. The number of aliphatic hydroxyl groups excluding tert-OH is 2. The summed E-state index contributed by atoms with van der Waals surface area (Å²) in [5.41, 5.74) is 0. The SMILES string of the molecule is CC1(C)S[C@@H]2[C@H](NC(=O)COc3ccccc3)C(=O)N2[C@H]1C(=O)[O-].OCCO.[K+]. The number of para-hydroxylation sites is 1. The maximum Gasteiger partial charge on any atom is 1.00 e. The molecule has 0 unspecified atom stereocenters. The Bertz CT molecular complexity index is 717. The number of amides is 2. The molecule has 2 saturated heterocycles. The van der Waals surface area contributed by atoms with E-state index in [1.54, 1.807) is 38.1 Å². The Morgan fingerprint density at radius 2 is 1.83 bits per heavy atom. The van der Waals surface area contributed by atoms with Gasteiger partial charge >= 0.3 is 51.4 Å². The van der Waals surface area contributed by atoms with Gasteiger partial charge < -0.3 is 35.1 Å². The van der Waals surface area contributed by atoms with Crippen LogP contribution in [0.4, 0.5) is 0 Å². The number of aliphatic carboxylic acids is 1. The van der Waals surface area contributed by atoms with Gasteiger partial charge in [0.2, 0.25) is 5.91 Å². The van der Waals surface area contributed by atoms with Crippen LogP contribution in [0.3, 0.4) is 0 Å². The number of hydrogen-bond donors (Lipinski definition) is 3. The number of ether oxygens (including phenoxy) is 1. The first-order valence-corrected chi connectivity index (χ1v) is 9.50. The number of carbonyl (C=O) groups excluding carboxylic acids is 3. The summed E-state index contributed by atoms with van der Waals surface area (Å²) < 4.78 is 4.67. The number of rotatable bonds is 6. The molecule has 1 aromatic rings. The predicted octanol–water partition coefficient (Wildman–Crippen LogP) is -4.66. The quantitative estimate of drug-likeness (QED) is 0.290. The summed E-state index contributed by atoms with van der Waals surface area (Å²) in [6.45, 7) is 3.04. The molecule has 0 spiro atoms. The van der Waals surface area contributed by atoms with Gasteiger partial charge in [0.15, 0.2) is 6.61 Å². The number of carbonyl (C=O) groups is 3. The summed E-state index contributed by atoms with van der Waals surface area (Å²) in [7, 11) is 0. The van der Waals surface area contributed by atoms with Gasteiger partial charge in [-0.2, -0.15) is 0 Å². The third-order valence-corrected chi connectivity index (χ3v) is 5.77. The molecule has 3 N–H and O–H groups in total. The van der Waals surface area contributed by atoms with E-state index in [0.29, 0.717) is 5.75 Å². The maximum atomic E-state index is 12.2. The molecular weight excluding hydrogens is 427 g/mol. The van der Waals surface area contributed by atoms with Crippen LogP contribution in [-0.2, 0) is 14.4 Å². The van der Waals surface area contributed by atoms with Gasteiger partial charge in [0.25, 0.3) is 5.91 Å². The van der Waals surface area contributed by atoms with Crippen molar-refractivity contribution in [3.8, 4) is 5.75 Å². The molecular formula is C18H23KN2O7S. The second-order valence-electron chi connectivity index (χ2n) is 6.67. The van der Waals surface area contributed by atoms with E-state index in [9.17, 15) is 19.5 Å². The molecule has 2 heterocycles. The molecule has 0 bridgehead atoms. The number of benzene rings is 1. The molecule has 3 rings (SSSR count). The Morgan fingerprint density at radius 1 is 1.24 bits per heavy atom. The Kier molecular flexibility index (Phi) is 10.6. The predicted molar refractivity (Wildman–Crippen MR) is 99.1 cm³/mol. The van der Waals surface area contributed by atoms with Gasteiger partial charge in [-0.25, -0.2) is 0 Å². The first-order valence-electron chi connectivity index (χ1n) is 8.62. The van der Waals surface area contributed by atoms with Crippen molar-refractivity contribution in [2.75, 3.05) is 19.8 Å². The molecule has 3 atom stereocenters. The van der Waals surface area contributed by atoms with Crippen LogP contribution in [0.25, 0.3) is 0 Å². The zero-order valence-electron chi connectivity index (χ0n) is 16.5. The van der Waals surface area contributed by atoms with Crippen LogP contribution in [0.15, 0.2) is 30.3 Å². The minimum absolute atomic E-state index is 0. The molecule has 29 heavy (non-hydrogen) atoms. The fraction of sp³-hybridized carbons (Fsp3) is 0.500. The number of aliphatic hydroxyl groups is 2. The normalized spacial score (nSPS) is 23.5. The first-order chi connectivity index (χ1) is 13.2. The van der Waals surface area contributed by atoms with E-state index in [-0.39, 0.29) is 71.2 Å². The van der Waals surface area contributed by atoms with E-state index < -0.39 is 40.0 Å². The van der Waals surface area contributed by atoms with Crippen LogP contribution in [0, 0.1) is 0 Å². The van der Waals surface area contributed by atoms with Gasteiger partial charge in [0.05, 0.1) is 25.2 Å². The zero-order chi connectivity index (χ0) is 20.9. The van der Waals surface area contributed by atoms with E-state index in [4.69, 9.17) is 14.9 Å². The largest absolute Gasteiger partial charge is 1.00 e. The Morgan fingerprint density at radius 3 is 2.34 bits per heavy atom. The van der Waals surface area contributed by atoms with Crippen molar-refractivity contribution in [2.24, 2.45) is 0 Å². The summed E-state index contributed by atoms with van der Waals surface area (Å²) in [6.07, 6.45) is 0. The van der Waals surface area contributed by atoms with Crippen LogP contribution in [0.1, 0.15) is 13.8 Å². The molecule has 2 aliphatic rings. The minimum Gasteiger partial charge on any atom is -0.548 e. The molecule has 2 aliphatic heterocycles. The summed E-state index contributed by atoms with van der Waals surface area (Å²) in [4.78, 5) is 36.8.